The van der Waals surface area contributed by atoms with E-state index in [2.05, 4.69) is 65.4 Å². The standard InChI is InChI=1S/C17H22BrNO/c1-13(2)19-9-3-4-10-20-17-8-6-14-11-16(18)7-5-15(14)12-17/h5-8,11-13,19H,3-4,9-10H2,1-2H3. The quantitative estimate of drug-likeness (QED) is 0.736. The lowest BCUT2D eigenvalue weighted by Crippen LogP contribution is -2.23. The van der Waals surface area contributed by atoms with E-state index in [1.807, 2.05) is 6.07 Å². The predicted octanol–water partition coefficient (Wildman–Crippen LogP) is 4.76. The molecule has 0 bridgehead atoms. The monoisotopic (exact) mass is 335 g/mol. The highest BCUT2D eigenvalue weighted by Crippen LogP contribution is 2.24. The van der Waals surface area contributed by atoms with Crippen molar-refractivity contribution in [2.45, 2.75) is 32.7 Å². The number of halogens is 1. The van der Waals surface area contributed by atoms with Gasteiger partial charge in [0.05, 0.1) is 6.61 Å². The summed E-state index contributed by atoms with van der Waals surface area (Å²) in [6.45, 7) is 6.18. The Morgan fingerprint density at radius 2 is 1.80 bits per heavy atom. The van der Waals surface area contributed by atoms with Crippen LogP contribution in [-0.4, -0.2) is 19.2 Å². The maximum atomic E-state index is 5.81. The molecule has 0 saturated carbocycles. The van der Waals surface area contributed by atoms with E-state index in [1.165, 1.54) is 10.8 Å². The topological polar surface area (TPSA) is 21.3 Å². The Bertz CT molecular complexity index is 554. The van der Waals surface area contributed by atoms with E-state index in [9.17, 15) is 0 Å². The van der Waals surface area contributed by atoms with Crippen LogP contribution in [0.4, 0.5) is 0 Å². The van der Waals surface area contributed by atoms with E-state index in [1.54, 1.807) is 0 Å². The summed E-state index contributed by atoms with van der Waals surface area (Å²) in [6, 6.07) is 13.1. The Labute approximate surface area is 129 Å². The summed E-state index contributed by atoms with van der Waals surface area (Å²) in [5.74, 6) is 0.955. The molecule has 0 spiro atoms. The second-order valence-electron chi connectivity index (χ2n) is 5.32. The van der Waals surface area contributed by atoms with Gasteiger partial charge in [-0.3, -0.25) is 0 Å². The molecule has 0 unspecified atom stereocenters. The van der Waals surface area contributed by atoms with Crippen LogP contribution < -0.4 is 10.1 Å². The molecule has 0 amide bonds. The lowest BCUT2D eigenvalue weighted by Gasteiger charge is -2.09. The molecule has 0 aliphatic carbocycles. The molecule has 0 atom stereocenters. The maximum Gasteiger partial charge on any atom is 0.119 e. The van der Waals surface area contributed by atoms with Gasteiger partial charge in [0.1, 0.15) is 5.75 Å². The van der Waals surface area contributed by atoms with E-state index in [4.69, 9.17) is 4.74 Å². The van der Waals surface area contributed by atoms with Crippen LogP contribution in [0.5, 0.6) is 5.75 Å². The van der Waals surface area contributed by atoms with E-state index < -0.39 is 0 Å². The highest BCUT2D eigenvalue weighted by molar-refractivity contribution is 9.10. The molecule has 0 aromatic heterocycles. The summed E-state index contributed by atoms with van der Waals surface area (Å²) in [4.78, 5) is 0. The van der Waals surface area contributed by atoms with Gasteiger partial charge in [0, 0.05) is 10.5 Å². The third kappa shape index (κ3) is 4.80. The summed E-state index contributed by atoms with van der Waals surface area (Å²) >= 11 is 3.49. The Kier molecular flexibility index (Phi) is 5.86. The third-order valence-corrected chi connectivity index (χ3v) is 3.66. The zero-order valence-electron chi connectivity index (χ0n) is 12.2. The van der Waals surface area contributed by atoms with Gasteiger partial charge in [-0.1, -0.05) is 41.9 Å². The molecule has 0 aliphatic rings. The van der Waals surface area contributed by atoms with Crippen molar-refractivity contribution in [1.29, 1.82) is 0 Å². The zero-order valence-corrected chi connectivity index (χ0v) is 13.7. The minimum Gasteiger partial charge on any atom is -0.494 e. The number of ether oxygens (including phenoxy) is 1. The Morgan fingerprint density at radius 3 is 2.60 bits per heavy atom. The molecule has 1 N–H and O–H groups in total. The van der Waals surface area contributed by atoms with E-state index in [0.717, 1.165) is 36.2 Å². The van der Waals surface area contributed by atoms with Gasteiger partial charge in [0.25, 0.3) is 0 Å². The first-order valence-corrected chi connectivity index (χ1v) is 8.00. The van der Waals surface area contributed by atoms with Gasteiger partial charge in [-0.15, -0.1) is 0 Å². The fourth-order valence-corrected chi connectivity index (χ4v) is 2.47. The summed E-state index contributed by atoms with van der Waals surface area (Å²) < 4.78 is 6.92. The Morgan fingerprint density at radius 1 is 1.05 bits per heavy atom. The third-order valence-electron chi connectivity index (χ3n) is 3.17. The van der Waals surface area contributed by atoms with Crippen LogP contribution in [0.15, 0.2) is 40.9 Å². The summed E-state index contributed by atoms with van der Waals surface area (Å²) in [5.41, 5.74) is 0. The zero-order chi connectivity index (χ0) is 14.4. The van der Waals surface area contributed by atoms with Crippen LogP contribution in [-0.2, 0) is 0 Å². The smallest absolute Gasteiger partial charge is 0.119 e. The minimum absolute atomic E-state index is 0.565. The number of fused-ring (bicyclic) bond motifs is 1. The average Bonchev–Trinajstić information content (AvgIpc) is 2.42. The number of hydrogen-bond acceptors (Lipinski definition) is 2. The maximum absolute atomic E-state index is 5.81. The predicted molar refractivity (Wildman–Crippen MR) is 89.5 cm³/mol. The van der Waals surface area contributed by atoms with Crippen LogP contribution in [0.2, 0.25) is 0 Å². The van der Waals surface area contributed by atoms with E-state index >= 15 is 0 Å². The fourth-order valence-electron chi connectivity index (χ4n) is 2.09. The number of nitrogens with one attached hydrogen (secondary N) is 1. The van der Waals surface area contributed by atoms with Crippen molar-refractivity contribution in [3.8, 4) is 5.75 Å². The molecule has 0 heterocycles. The van der Waals surface area contributed by atoms with Gasteiger partial charge in [-0.05, 0) is 54.4 Å². The lowest BCUT2D eigenvalue weighted by atomic mass is 10.1. The molecule has 0 saturated heterocycles. The van der Waals surface area contributed by atoms with Crippen LogP contribution in [0.3, 0.4) is 0 Å². The molecule has 108 valence electrons. The molecule has 0 radical (unpaired) electrons. The van der Waals surface area contributed by atoms with Gasteiger partial charge in [-0.2, -0.15) is 0 Å². The first kappa shape index (κ1) is 15.3. The average molecular weight is 336 g/mol. The van der Waals surface area contributed by atoms with Crippen molar-refractivity contribution in [3.05, 3.63) is 40.9 Å². The first-order valence-electron chi connectivity index (χ1n) is 7.20. The first-order chi connectivity index (χ1) is 9.65. The van der Waals surface area contributed by atoms with E-state index in [-0.39, 0.29) is 0 Å². The molecule has 2 aromatic rings. The number of benzene rings is 2. The van der Waals surface area contributed by atoms with Crippen molar-refractivity contribution >= 4 is 26.7 Å². The van der Waals surface area contributed by atoms with Gasteiger partial charge in [0.15, 0.2) is 0 Å². The van der Waals surface area contributed by atoms with Crippen molar-refractivity contribution in [3.63, 3.8) is 0 Å². The SMILES string of the molecule is CC(C)NCCCCOc1ccc2cc(Br)ccc2c1. The normalized spacial score (nSPS) is 11.2. The Balaban J connectivity index is 1.80. The summed E-state index contributed by atoms with van der Waals surface area (Å²) in [5, 5.41) is 5.86. The van der Waals surface area contributed by atoms with E-state index in [0.29, 0.717) is 6.04 Å². The number of rotatable bonds is 7. The highest BCUT2D eigenvalue weighted by Gasteiger charge is 1.99. The highest BCUT2D eigenvalue weighted by atomic mass is 79.9. The summed E-state index contributed by atoms with van der Waals surface area (Å²) in [7, 11) is 0. The second-order valence-corrected chi connectivity index (χ2v) is 6.23. The largest absolute Gasteiger partial charge is 0.494 e. The molecule has 0 fully saturated rings. The molecule has 3 heteroatoms. The number of hydrogen-bond donors (Lipinski definition) is 1. The van der Waals surface area contributed by atoms with Crippen molar-refractivity contribution in [2.75, 3.05) is 13.2 Å². The van der Waals surface area contributed by atoms with Crippen molar-refractivity contribution in [1.82, 2.24) is 5.32 Å². The van der Waals surface area contributed by atoms with Gasteiger partial charge in [0.2, 0.25) is 0 Å². The van der Waals surface area contributed by atoms with Crippen molar-refractivity contribution in [2.24, 2.45) is 0 Å². The molecule has 2 nitrogen and oxygen atoms in total. The van der Waals surface area contributed by atoms with Crippen LogP contribution in [0.25, 0.3) is 10.8 Å². The minimum atomic E-state index is 0.565. The second kappa shape index (κ2) is 7.65. The van der Waals surface area contributed by atoms with Crippen LogP contribution >= 0.6 is 15.9 Å². The molecular weight excluding hydrogens is 314 g/mol. The van der Waals surface area contributed by atoms with Gasteiger partial charge < -0.3 is 10.1 Å². The molecule has 2 rings (SSSR count). The van der Waals surface area contributed by atoms with Crippen LogP contribution in [0.1, 0.15) is 26.7 Å². The molecular formula is C17H22BrNO. The van der Waals surface area contributed by atoms with Crippen LogP contribution in [0, 0.1) is 0 Å². The molecule has 2 aromatic carbocycles. The lowest BCUT2D eigenvalue weighted by molar-refractivity contribution is 0.305. The molecule has 0 aliphatic heterocycles. The molecule has 20 heavy (non-hydrogen) atoms. The fraction of sp³-hybridized carbons (Fsp3) is 0.412. The summed E-state index contributed by atoms with van der Waals surface area (Å²) in [6.07, 6.45) is 2.23. The van der Waals surface area contributed by atoms with Gasteiger partial charge in [-0.25, -0.2) is 0 Å². The number of unbranched alkanes of at least 4 members (excludes halogenated alkanes) is 1. The Hall–Kier alpha value is -1.06. The van der Waals surface area contributed by atoms with Gasteiger partial charge >= 0.3 is 0 Å². The van der Waals surface area contributed by atoms with Crippen molar-refractivity contribution < 1.29 is 4.74 Å².